The van der Waals surface area contributed by atoms with Crippen LogP contribution in [0.1, 0.15) is 36.8 Å². The van der Waals surface area contributed by atoms with Gasteiger partial charge in [0.2, 0.25) is 0 Å². The maximum Gasteiger partial charge on any atom is 0.195 e. The van der Waals surface area contributed by atoms with Crippen LogP contribution in [0.15, 0.2) is 94.8 Å². The Kier molecular flexibility index (Phi) is 6.43. The number of fused-ring (bicyclic) bond motifs is 1. The van der Waals surface area contributed by atoms with Gasteiger partial charge in [0.15, 0.2) is 10.5 Å². The van der Waals surface area contributed by atoms with Gasteiger partial charge in [0.25, 0.3) is 0 Å². The minimum absolute atomic E-state index is 0.0732. The van der Waals surface area contributed by atoms with Crippen LogP contribution in [0.4, 0.5) is 5.69 Å². The summed E-state index contributed by atoms with van der Waals surface area (Å²) in [5, 5.41) is 16.2. The smallest absolute Gasteiger partial charge is 0.195 e. The predicted molar refractivity (Wildman–Crippen MR) is 130 cm³/mol. The Labute approximate surface area is 185 Å². The van der Waals surface area contributed by atoms with Gasteiger partial charge in [-0.3, -0.25) is 10.2 Å². The molecule has 0 aliphatic rings. The summed E-state index contributed by atoms with van der Waals surface area (Å²) in [5.41, 5.74) is 6.25. The Hall–Kier alpha value is -3.44. The Morgan fingerprint density at radius 3 is 2.32 bits per heavy atom. The van der Waals surface area contributed by atoms with Crippen LogP contribution in [0.2, 0.25) is 0 Å². The van der Waals surface area contributed by atoms with E-state index in [2.05, 4.69) is 17.5 Å². The quantitative estimate of drug-likeness (QED) is 0.266. The zero-order chi connectivity index (χ0) is 21.6. The van der Waals surface area contributed by atoms with Crippen LogP contribution in [0.25, 0.3) is 10.1 Å². The molecule has 0 amide bonds. The van der Waals surface area contributed by atoms with Crippen molar-refractivity contribution in [3.63, 3.8) is 0 Å². The molecule has 3 aromatic carbocycles. The molecule has 0 bridgehead atoms. The van der Waals surface area contributed by atoms with Gasteiger partial charge in [0, 0.05) is 21.7 Å². The zero-order valence-electron chi connectivity index (χ0n) is 17.3. The van der Waals surface area contributed by atoms with Crippen LogP contribution in [0, 0.1) is 0 Å². The average molecular weight is 429 g/mol. The van der Waals surface area contributed by atoms with Gasteiger partial charge in [-0.1, -0.05) is 78.9 Å². The summed E-state index contributed by atoms with van der Waals surface area (Å²) in [6.07, 6.45) is 1.27. The number of aromatic hydroxyl groups is 1. The third-order valence-corrected chi connectivity index (χ3v) is 6.32. The fourth-order valence-electron chi connectivity index (χ4n) is 3.68. The highest BCUT2D eigenvalue weighted by atomic mass is 32.1. The van der Waals surface area contributed by atoms with E-state index in [4.69, 9.17) is 0 Å². The van der Waals surface area contributed by atoms with E-state index >= 15 is 0 Å². The van der Waals surface area contributed by atoms with Crippen molar-refractivity contribution in [1.82, 2.24) is 0 Å². The highest BCUT2D eigenvalue weighted by Crippen LogP contribution is 2.37. The SMILES string of the molecule is CC/C(CC(c1ccccc1)c1c(O)sc2ccccc2c1=O)=N\Nc1ccccc1. The lowest BCUT2D eigenvalue weighted by Gasteiger charge is -2.19. The number of hydrazone groups is 1. The fraction of sp³-hybridized carbons (Fsp3) is 0.154. The van der Waals surface area contributed by atoms with Crippen molar-refractivity contribution < 1.29 is 5.11 Å². The highest BCUT2D eigenvalue weighted by molar-refractivity contribution is 7.20. The van der Waals surface area contributed by atoms with E-state index < -0.39 is 0 Å². The molecule has 0 aliphatic carbocycles. The number of anilines is 1. The monoisotopic (exact) mass is 428 g/mol. The average Bonchev–Trinajstić information content (AvgIpc) is 2.82. The van der Waals surface area contributed by atoms with Gasteiger partial charge in [0.1, 0.15) is 0 Å². The first-order chi connectivity index (χ1) is 15.2. The maximum absolute atomic E-state index is 13.4. The topological polar surface area (TPSA) is 61.7 Å². The van der Waals surface area contributed by atoms with E-state index in [9.17, 15) is 9.90 Å². The number of benzene rings is 3. The first-order valence-electron chi connectivity index (χ1n) is 10.3. The Morgan fingerprint density at radius 2 is 1.61 bits per heavy atom. The molecule has 0 radical (unpaired) electrons. The number of nitrogens with zero attached hydrogens (tertiary/aromatic N) is 1. The molecule has 0 fully saturated rings. The second-order valence-electron chi connectivity index (χ2n) is 7.32. The number of nitrogens with one attached hydrogen (secondary N) is 1. The molecule has 2 N–H and O–H groups in total. The van der Waals surface area contributed by atoms with Crippen LogP contribution in [-0.4, -0.2) is 10.8 Å². The largest absolute Gasteiger partial charge is 0.499 e. The molecule has 1 atom stereocenters. The van der Waals surface area contributed by atoms with Crippen LogP contribution in [-0.2, 0) is 0 Å². The molecule has 1 unspecified atom stereocenters. The molecule has 4 aromatic rings. The number of para-hydroxylation sites is 1. The standard InChI is InChI=1S/C26H24N2O2S/c1-2-19(27-28-20-13-7-4-8-14-20)17-22(18-11-5-3-6-12-18)24-25(29)21-15-9-10-16-23(21)31-26(24)30/h3-16,22,28,30H,2,17H2,1H3/b27-19+. The molecular formula is C26H24N2O2S. The molecule has 1 aromatic heterocycles. The first-order valence-corrected chi connectivity index (χ1v) is 11.1. The van der Waals surface area contributed by atoms with Crippen molar-refractivity contribution in [3.8, 4) is 5.06 Å². The third kappa shape index (κ3) is 4.67. The van der Waals surface area contributed by atoms with Gasteiger partial charge < -0.3 is 5.11 Å². The van der Waals surface area contributed by atoms with Gasteiger partial charge >= 0.3 is 0 Å². The fourth-order valence-corrected chi connectivity index (χ4v) is 4.66. The molecule has 0 aliphatic heterocycles. The van der Waals surface area contributed by atoms with Crippen molar-refractivity contribution in [1.29, 1.82) is 0 Å². The molecule has 4 nitrogen and oxygen atoms in total. The molecule has 0 saturated carbocycles. The lowest BCUT2D eigenvalue weighted by molar-refractivity contribution is 0.479. The summed E-state index contributed by atoms with van der Waals surface area (Å²) in [5.74, 6) is -0.286. The lowest BCUT2D eigenvalue weighted by Crippen LogP contribution is -2.18. The summed E-state index contributed by atoms with van der Waals surface area (Å²) >= 11 is 1.25. The van der Waals surface area contributed by atoms with Gasteiger partial charge in [-0.25, -0.2) is 0 Å². The Balaban J connectivity index is 1.77. The van der Waals surface area contributed by atoms with E-state index in [1.807, 2.05) is 84.9 Å². The van der Waals surface area contributed by atoms with Crippen molar-refractivity contribution in [2.45, 2.75) is 25.7 Å². The molecule has 4 rings (SSSR count). The summed E-state index contributed by atoms with van der Waals surface area (Å²) in [6.45, 7) is 2.05. The summed E-state index contributed by atoms with van der Waals surface area (Å²) in [6, 6.07) is 27.1. The van der Waals surface area contributed by atoms with Crippen molar-refractivity contribution in [3.05, 3.63) is 106 Å². The van der Waals surface area contributed by atoms with Crippen LogP contribution >= 0.6 is 11.3 Å². The van der Waals surface area contributed by atoms with Crippen molar-refractivity contribution >= 4 is 32.8 Å². The van der Waals surface area contributed by atoms with E-state index in [1.165, 1.54) is 11.3 Å². The third-order valence-electron chi connectivity index (χ3n) is 5.33. The summed E-state index contributed by atoms with van der Waals surface area (Å²) in [7, 11) is 0. The van der Waals surface area contributed by atoms with Crippen molar-refractivity contribution in [2.75, 3.05) is 5.43 Å². The molecular weight excluding hydrogens is 404 g/mol. The molecule has 31 heavy (non-hydrogen) atoms. The predicted octanol–water partition coefficient (Wildman–Crippen LogP) is 6.37. The molecule has 156 valence electrons. The zero-order valence-corrected chi connectivity index (χ0v) is 18.1. The number of rotatable bonds is 7. The second-order valence-corrected chi connectivity index (χ2v) is 8.35. The van der Waals surface area contributed by atoms with E-state index in [0.717, 1.165) is 28.1 Å². The van der Waals surface area contributed by atoms with E-state index in [1.54, 1.807) is 0 Å². The van der Waals surface area contributed by atoms with Crippen LogP contribution in [0.3, 0.4) is 0 Å². The van der Waals surface area contributed by atoms with Gasteiger partial charge in [-0.15, -0.1) is 0 Å². The normalized spacial score (nSPS) is 12.6. The lowest BCUT2D eigenvalue weighted by atomic mass is 9.86. The molecule has 1 heterocycles. The maximum atomic E-state index is 13.4. The van der Waals surface area contributed by atoms with E-state index in [0.29, 0.717) is 17.4 Å². The Morgan fingerprint density at radius 1 is 0.968 bits per heavy atom. The summed E-state index contributed by atoms with van der Waals surface area (Å²) < 4.78 is 0.788. The van der Waals surface area contributed by atoms with Gasteiger partial charge in [-0.2, -0.15) is 5.10 Å². The van der Waals surface area contributed by atoms with Crippen molar-refractivity contribution in [2.24, 2.45) is 5.10 Å². The Bertz CT molecular complexity index is 1250. The minimum Gasteiger partial charge on any atom is -0.499 e. The number of hydrogen-bond acceptors (Lipinski definition) is 5. The number of hydrogen-bond donors (Lipinski definition) is 2. The molecule has 5 heteroatoms. The molecule has 0 spiro atoms. The minimum atomic E-state index is -0.286. The van der Waals surface area contributed by atoms with Gasteiger partial charge in [0.05, 0.1) is 11.3 Å². The first kappa shape index (κ1) is 20.8. The van der Waals surface area contributed by atoms with E-state index in [-0.39, 0.29) is 16.4 Å². The van der Waals surface area contributed by atoms with Crippen LogP contribution < -0.4 is 10.9 Å². The second kappa shape index (κ2) is 9.58. The summed E-state index contributed by atoms with van der Waals surface area (Å²) in [4.78, 5) is 13.4. The molecule has 0 saturated heterocycles. The van der Waals surface area contributed by atoms with Crippen LogP contribution in [0.5, 0.6) is 5.06 Å². The highest BCUT2D eigenvalue weighted by Gasteiger charge is 2.24. The van der Waals surface area contributed by atoms with Gasteiger partial charge in [-0.05, 0) is 42.7 Å².